The third-order valence-corrected chi connectivity index (χ3v) is 13.4. The molecule has 0 fully saturated rings. The summed E-state index contributed by atoms with van der Waals surface area (Å²) in [6, 6.07) is 79.3. The minimum atomic E-state index is 0.893. The summed E-state index contributed by atoms with van der Waals surface area (Å²) >= 11 is 0. The van der Waals surface area contributed by atoms with Gasteiger partial charge in [-0.25, -0.2) is 0 Å². The van der Waals surface area contributed by atoms with Gasteiger partial charge in [0, 0.05) is 55.0 Å². The molecule has 13 rings (SSSR count). The van der Waals surface area contributed by atoms with Gasteiger partial charge in [-0.15, -0.1) is 0 Å². The molecule has 2 heterocycles. The van der Waals surface area contributed by atoms with Crippen LogP contribution in [0.5, 0.6) is 0 Å². The van der Waals surface area contributed by atoms with Crippen molar-refractivity contribution in [3.8, 4) is 22.3 Å². The van der Waals surface area contributed by atoms with Crippen LogP contribution in [0.15, 0.2) is 235 Å². The summed E-state index contributed by atoms with van der Waals surface area (Å²) in [7, 11) is 0. The Balaban J connectivity index is 0.920. The van der Waals surface area contributed by atoms with Crippen molar-refractivity contribution in [2.24, 2.45) is 0 Å². The number of allylic oxidation sites excluding steroid dienone is 4. The lowest BCUT2D eigenvalue weighted by molar-refractivity contribution is 0.670. The van der Waals surface area contributed by atoms with Gasteiger partial charge >= 0.3 is 0 Å². The molecule has 306 valence electrons. The Bertz CT molecular complexity index is 3830. The molecule has 0 spiro atoms. The minimum absolute atomic E-state index is 0.893. The van der Waals surface area contributed by atoms with Gasteiger partial charge in [0.1, 0.15) is 11.2 Å². The standard InChI is InChI=1S/C62H42N2O/c1-2-17-46-44(16-1)40-60(49-20-4-3-19-48(46)49)63(57-28-11-8-23-52(57)54-25-15-26-55-53-24-9-14-31-61(53)65-62(54)55)45-38-36-42(37-39-45)41-32-34-43(35-33-41)47-18-5-10-27-56(47)64-58-29-12-6-21-50(58)51-22-7-13-30-59(51)64/h1-4,6-9,11-40H,5,10H2. The highest BCUT2D eigenvalue weighted by Crippen LogP contribution is 2.48. The molecule has 1 aliphatic carbocycles. The summed E-state index contributed by atoms with van der Waals surface area (Å²) in [5, 5.41) is 9.66. The van der Waals surface area contributed by atoms with Gasteiger partial charge < -0.3 is 13.9 Å². The van der Waals surface area contributed by atoms with Crippen molar-refractivity contribution in [1.29, 1.82) is 0 Å². The topological polar surface area (TPSA) is 21.3 Å². The van der Waals surface area contributed by atoms with Gasteiger partial charge in [0.15, 0.2) is 0 Å². The molecular formula is C62H42N2O. The Morgan fingerprint density at radius 3 is 1.71 bits per heavy atom. The van der Waals surface area contributed by atoms with Crippen LogP contribution in [0.4, 0.5) is 17.1 Å². The van der Waals surface area contributed by atoms with E-state index in [1.54, 1.807) is 0 Å². The highest BCUT2D eigenvalue weighted by atomic mass is 16.3. The van der Waals surface area contributed by atoms with Gasteiger partial charge in [-0.1, -0.05) is 188 Å². The molecule has 0 N–H and O–H groups in total. The van der Waals surface area contributed by atoms with Crippen molar-refractivity contribution in [2.45, 2.75) is 12.8 Å². The first-order valence-electron chi connectivity index (χ1n) is 22.6. The van der Waals surface area contributed by atoms with Crippen LogP contribution < -0.4 is 4.90 Å². The average Bonchev–Trinajstić information content (AvgIpc) is 3.93. The van der Waals surface area contributed by atoms with Crippen LogP contribution in [-0.4, -0.2) is 4.57 Å². The third-order valence-electron chi connectivity index (χ3n) is 13.4. The number of nitrogens with zero attached hydrogens (tertiary/aromatic N) is 2. The molecule has 0 saturated carbocycles. The van der Waals surface area contributed by atoms with E-state index in [2.05, 4.69) is 234 Å². The van der Waals surface area contributed by atoms with Crippen molar-refractivity contribution in [2.75, 3.05) is 4.90 Å². The Kier molecular flexibility index (Phi) is 8.67. The van der Waals surface area contributed by atoms with E-state index in [1.165, 1.54) is 71.3 Å². The summed E-state index contributed by atoms with van der Waals surface area (Å²) < 4.78 is 9.12. The highest BCUT2D eigenvalue weighted by Gasteiger charge is 2.23. The predicted octanol–water partition coefficient (Wildman–Crippen LogP) is 17.5. The summed E-state index contributed by atoms with van der Waals surface area (Å²) in [5.74, 6) is 0. The molecule has 0 amide bonds. The van der Waals surface area contributed by atoms with E-state index in [0.29, 0.717) is 0 Å². The monoisotopic (exact) mass is 830 g/mol. The second-order valence-electron chi connectivity index (χ2n) is 17.1. The molecule has 1 aliphatic rings. The minimum Gasteiger partial charge on any atom is -0.455 e. The fourth-order valence-corrected chi connectivity index (χ4v) is 10.5. The van der Waals surface area contributed by atoms with E-state index >= 15 is 0 Å². The maximum absolute atomic E-state index is 6.66. The van der Waals surface area contributed by atoms with E-state index in [0.717, 1.165) is 63.0 Å². The maximum Gasteiger partial charge on any atom is 0.143 e. The number of rotatable bonds is 7. The first kappa shape index (κ1) is 37.2. The van der Waals surface area contributed by atoms with Gasteiger partial charge in [-0.05, 0) is 88.2 Å². The van der Waals surface area contributed by atoms with E-state index < -0.39 is 0 Å². The second kappa shape index (κ2) is 15.1. The number of para-hydroxylation sites is 5. The fourth-order valence-electron chi connectivity index (χ4n) is 10.5. The molecule has 3 nitrogen and oxygen atoms in total. The van der Waals surface area contributed by atoms with Crippen LogP contribution in [0.1, 0.15) is 18.4 Å². The van der Waals surface area contributed by atoms with E-state index in [9.17, 15) is 0 Å². The summed E-state index contributed by atoms with van der Waals surface area (Å²) in [5.41, 5.74) is 15.8. The summed E-state index contributed by atoms with van der Waals surface area (Å²) in [4.78, 5) is 2.44. The number of hydrogen-bond acceptors (Lipinski definition) is 2. The molecule has 12 aromatic rings. The highest BCUT2D eigenvalue weighted by molar-refractivity contribution is 6.17. The van der Waals surface area contributed by atoms with Crippen molar-refractivity contribution in [1.82, 2.24) is 4.57 Å². The summed E-state index contributed by atoms with van der Waals surface area (Å²) in [6.45, 7) is 0. The van der Waals surface area contributed by atoms with Gasteiger partial charge in [0.05, 0.1) is 22.4 Å². The Morgan fingerprint density at radius 2 is 0.938 bits per heavy atom. The smallest absolute Gasteiger partial charge is 0.143 e. The second-order valence-corrected chi connectivity index (χ2v) is 17.1. The van der Waals surface area contributed by atoms with Crippen LogP contribution in [-0.2, 0) is 0 Å². The van der Waals surface area contributed by atoms with Gasteiger partial charge in [0.25, 0.3) is 0 Å². The average molecular weight is 831 g/mol. The van der Waals surface area contributed by atoms with E-state index in [4.69, 9.17) is 4.42 Å². The molecule has 0 atom stereocenters. The number of aromatic nitrogens is 1. The van der Waals surface area contributed by atoms with Gasteiger partial charge in [0.2, 0.25) is 0 Å². The third kappa shape index (κ3) is 6.04. The molecule has 0 bridgehead atoms. The van der Waals surface area contributed by atoms with E-state index in [-0.39, 0.29) is 0 Å². The quantitative estimate of drug-likeness (QED) is 0.149. The molecule has 2 aromatic heterocycles. The van der Waals surface area contributed by atoms with Crippen LogP contribution in [0.3, 0.4) is 0 Å². The SMILES string of the molecule is C1=C(c2ccc(-c3ccc(N(c4ccccc4-c4cccc5c4oc4ccccc45)c4cc5ccccc5c5ccccc45)cc3)cc2)C(n2c3ccccc3c3ccccc32)=CCC1. The lowest BCUT2D eigenvalue weighted by atomic mass is 9.94. The molecule has 3 heteroatoms. The van der Waals surface area contributed by atoms with Crippen LogP contribution in [0.2, 0.25) is 0 Å². The zero-order valence-electron chi connectivity index (χ0n) is 35.7. The van der Waals surface area contributed by atoms with Crippen molar-refractivity contribution in [3.05, 3.63) is 236 Å². The van der Waals surface area contributed by atoms with Crippen molar-refractivity contribution in [3.63, 3.8) is 0 Å². The summed E-state index contributed by atoms with van der Waals surface area (Å²) in [6.07, 6.45) is 6.88. The normalized spacial score (nSPS) is 13.0. The van der Waals surface area contributed by atoms with Crippen molar-refractivity contribution >= 4 is 93.6 Å². The van der Waals surface area contributed by atoms with Crippen LogP contribution in [0.25, 0.3) is 98.8 Å². The Labute approximate surface area is 377 Å². The molecule has 65 heavy (non-hydrogen) atoms. The first-order valence-corrected chi connectivity index (χ1v) is 22.6. The van der Waals surface area contributed by atoms with Gasteiger partial charge in [-0.2, -0.15) is 0 Å². The number of fused-ring (bicyclic) bond motifs is 9. The molecule has 0 aliphatic heterocycles. The molecule has 0 saturated heterocycles. The zero-order valence-corrected chi connectivity index (χ0v) is 35.7. The van der Waals surface area contributed by atoms with Crippen molar-refractivity contribution < 1.29 is 4.42 Å². The van der Waals surface area contributed by atoms with Crippen LogP contribution >= 0.6 is 0 Å². The number of hydrogen-bond donors (Lipinski definition) is 0. The lowest BCUT2D eigenvalue weighted by Gasteiger charge is -2.29. The predicted molar refractivity (Wildman–Crippen MR) is 275 cm³/mol. The fraction of sp³-hybridized carbons (Fsp3) is 0.0323. The molecule has 10 aromatic carbocycles. The Hall–Kier alpha value is -8.40. The zero-order chi connectivity index (χ0) is 42.8. The largest absolute Gasteiger partial charge is 0.455 e. The molecule has 0 radical (unpaired) electrons. The molecule has 0 unspecified atom stereocenters. The molecular weight excluding hydrogens is 789 g/mol. The number of furan rings is 1. The van der Waals surface area contributed by atoms with Crippen LogP contribution in [0, 0.1) is 0 Å². The first-order chi connectivity index (χ1) is 32.3. The lowest BCUT2D eigenvalue weighted by Crippen LogP contribution is -2.12. The number of anilines is 3. The maximum atomic E-state index is 6.66. The van der Waals surface area contributed by atoms with E-state index in [1.807, 2.05) is 6.07 Å². The Morgan fingerprint density at radius 1 is 0.385 bits per heavy atom. The number of benzene rings is 10. The van der Waals surface area contributed by atoms with Gasteiger partial charge in [-0.3, -0.25) is 0 Å².